The normalized spacial score (nSPS) is 10.1. The van der Waals surface area contributed by atoms with Crippen LogP contribution in [-0.4, -0.2) is 35.4 Å². The summed E-state index contributed by atoms with van der Waals surface area (Å²) in [6.07, 6.45) is 0.595. The molecule has 0 aliphatic heterocycles. The molecule has 0 atom stereocenters. The summed E-state index contributed by atoms with van der Waals surface area (Å²) in [6.45, 7) is 10.7. The van der Waals surface area contributed by atoms with Gasteiger partial charge in [-0.1, -0.05) is 25.1 Å². The third-order valence-corrected chi connectivity index (χ3v) is 3.30. The molecule has 1 aromatic rings. The molecular weight excluding hydrogens is 282 g/mol. The van der Waals surface area contributed by atoms with E-state index in [0.717, 1.165) is 5.57 Å². The van der Waals surface area contributed by atoms with Crippen molar-refractivity contribution < 1.29 is 9.72 Å². The number of carbonyl (C=O) groups is 1. The van der Waals surface area contributed by atoms with E-state index in [4.69, 9.17) is 0 Å². The van der Waals surface area contributed by atoms with Crippen molar-refractivity contribution in [3.05, 3.63) is 46.0 Å². The summed E-state index contributed by atoms with van der Waals surface area (Å²) in [7, 11) is 0. The van der Waals surface area contributed by atoms with E-state index in [2.05, 4.69) is 11.9 Å². The van der Waals surface area contributed by atoms with Crippen molar-refractivity contribution in [3.8, 4) is 0 Å². The molecule has 0 aliphatic rings. The van der Waals surface area contributed by atoms with Crippen LogP contribution in [0.1, 0.15) is 26.3 Å². The van der Waals surface area contributed by atoms with E-state index in [-0.39, 0.29) is 18.1 Å². The maximum absolute atomic E-state index is 12.1. The summed E-state index contributed by atoms with van der Waals surface area (Å²) in [6, 6.07) is 4.95. The Morgan fingerprint density at radius 3 is 2.59 bits per heavy atom. The Hall–Kier alpha value is -2.37. The molecule has 1 N–H and O–H groups in total. The number of nitro groups is 1. The SMILES string of the molecule is C=C(C)CN(CC)C(=O)CNc1ccc(CC)c([N+](=O)[O-])c1. The van der Waals surface area contributed by atoms with Gasteiger partial charge in [0.05, 0.1) is 11.5 Å². The summed E-state index contributed by atoms with van der Waals surface area (Å²) in [5, 5.41) is 14.0. The van der Waals surface area contributed by atoms with Gasteiger partial charge in [0.2, 0.25) is 5.91 Å². The first-order valence-corrected chi connectivity index (χ1v) is 7.32. The maximum Gasteiger partial charge on any atom is 0.274 e. The number of hydrogen-bond donors (Lipinski definition) is 1. The molecule has 0 heterocycles. The van der Waals surface area contributed by atoms with Crippen molar-refractivity contribution in [3.63, 3.8) is 0 Å². The van der Waals surface area contributed by atoms with Gasteiger partial charge in [-0.25, -0.2) is 0 Å². The van der Waals surface area contributed by atoms with Crippen molar-refractivity contribution >= 4 is 17.3 Å². The van der Waals surface area contributed by atoms with E-state index in [0.29, 0.717) is 30.8 Å². The van der Waals surface area contributed by atoms with Crippen LogP contribution < -0.4 is 5.32 Å². The molecule has 0 unspecified atom stereocenters. The zero-order chi connectivity index (χ0) is 16.7. The second-order valence-electron chi connectivity index (χ2n) is 5.17. The second-order valence-corrected chi connectivity index (χ2v) is 5.17. The highest BCUT2D eigenvalue weighted by molar-refractivity contribution is 5.81. The molecular formula is C16H23N3O3. The van der Waals surface area contributed by atoms with Gasteiger partial charge in [-0.2, -0.15) is 0 Å². The molecule has 6 heteroatoms. The highest BCUT2D eigenvalue weighted by atomic mass is 16.6. The Bertz CT molecular complexity index is 570. The summed E-state index contributed by atoms with van der Waals surface area (Å²) < 4.78 is 0. The van der Waals surface area contributed by atoms with Crippen molar-refractivity contribution in [2.24, 2.45) is 0 Å². The highest BCUT2D eigenvalue weighted by Gasteiger charge is 2.15. The van der Waals surface area contributed by atoms with Crippen LogP contribution in [0.4, 0.5) is 11.4 Å². The Balaban J connectivity index is 2.75. The lowest BCUT2D eigenvalue weighted by atomic mass is 10.1. The van der Waals surface area contributed by atoms with E-state index in [1.54, 1.807) is 17.0 Å². The van der Waals surface area contributed by atoms with Crippen LogP contribution in [0.2, 0.25) is 0 Å². The number of nitrogens with zero attached hydrogens (tertiary/aromatic N) is 2. The number of rotatable bonds is 8. The first-order chi connectivity index (χ1) is 10.4. The van der Waals surface area contributed by atoms with Crippen LogP contribution in [-0.2, 0) is 11.2 Å². The zero-order valence-corrected chi connectivity index (χ0v) is 13.4. The molecule has 6 nitrogen and oxygen atoms in total. The van der Waals surface area contributed by atoms with E-state index in [9.17, 15) is 14.9 Å². The van der Waals surface area contributed by atoms with Crippen LogP contribution in [0.15, 0.2) is 30.4 Å². The Morgan fingerprint density at radius 1 is 1.41 bits per heavy atom. The van der Waals surface area contributed by atoms with Crippen LogP contribution >= 0.6 is 0 Å². The first kappa shape index (κ1) is 17.7. The largest absolute Gasteiger partial charge is 0.376 e. The Morgan fingerprint density at radius 2 is 2.09 bits per heavy atom. The average molecular weight is 305 g/mol. The topological polar surface area (TPSA) is 75.5 Å². The highest BCUT2D eigenvalue weighted by Crippen LogP contribution is 2.23. The fourth-order valence-corrected chi connectivity index (χ4v) is 2.13. The molecule has 0 bridgehead atoms. The van der Waals surface area contributed by atoms with Crippen LogP contribution in [0.5, 0.6) is 0 Å². The summed E-state index contributed by atoms with van der Waals surface area (Å²) >= 11 is 0. The summed E-state index contributed by atoms with van der Waals surface area (Å²) in [4.78, 5) is 24.4. The van der Waals surface area contributed by atoms with Crippen LogP contribution in [0, 0.1) is 10.1 Å². The summed E-state index contributed by atoms with van der Waals surface area (Å²) in [5.74, 6) is -0.0623. The molecule has 120 valence electrons. The van der Waals surface area contributed by atoms with Gasteiger partial charge >= 0.3 is 0 Å². The second kappa shape index (κ2) is 8.17. The molecule has 1 aromatic carbocycles. The number of likely N-dealkylation sites (N-methyl/N-ethyl adjacent to an activating group) is 1. The smallest absolute Gasteiger partial charge is 0.274 e. The fraction of sp³-hybridized carbons (Fsp3) is 0.438. The molecule has 0 fully saturated rings. The predicted octanol–water partition coefficient (Wildman–Crippen LogP) is 2.99. The average Bonchev–Trinajstić information content (AvgIpc) is 2.49. The van der Waals surface area contributed by atoms with Gasteiger partial charge in [0.1, 0.15) is 0 Å². The molecule has 0 saturated carbocycles. The number of amides is 1. The lowest BCUT2D eigenvalue weighted by Crippen LogP contribution is -2.36. The number of nitrogens with one attached hydrogen (secondary N) is 1. The summed E-state index contributed by atoms with van der Waals surface area (Å²) in [5.41, 5.74) is 2.25. The van der Waals surface area contributed by atoms with Gasteiger partial charge in [-0.05, 0) is 26.3 Å². The molecule has 1 amide bonds. The minimum Gasteiger partial charge on any atom is -0.376 e. The molecule has 0 aromatic heterocycles. The lowest BCUT2D eigenvalue weighted by Gasteiger charge is -2.21. The van der Waals surface area contributed by atoms with Gasteiger partial charge in [-0.15, -0.1) is 0 Å². The van der Waals surface area contributed by atoms with Crippen LogP contribution in [0.3, 0.4) is 0 Å². The van der Waals surface area contributed by atoms with Crippen molar-refractivity contribution in [2.45, 2.75) is 27.2 Å². The molecule has 0 spiro atoms. The van der Waals surface area contributed by atoms with E-state index >= 15 is 0 Å². The number of nitro benzene ring substituents is 1. The molecule has 22 heavy (non-hydrogen) atoms. The number of hydrogen-bond acceptors (Lipinski definition) is 4. The molecule has 0 radical (unpaired) electrons. The minimum absolute atomic E-state index is 0.0623. The maximum atomic E-state index is 12.1. The third kappa shape index (κ3) is 4.87. The van der Waals surface area contributed by atoms with E-state index in [1.165, 1.54) is 6.07 Å². The minimum atomic E-state index is -0.398. The van der Waals surface area contributed by atoms with Crippen molar-refractivity contribution in [1.29, 1.82) is 0 Å². The van der Waals surface area contributed by atoms with Crippen molar-refractivity contribution in [1.82, 2.24) is 4.90 Å². The Labute approximate surface area is 131 Å². The van der Waals surface area contributed by atoms with Gasteiger partial charge < -0.3 is 10.2 Å². The van der Waals surface area contributed by atoms with Gasteiger partial charge in [0.25, 0.3) is 5.69 Å². The number of anilines is 1. The molecule has 1 rings (SSSR count). The van der Waals surface area contributed by atoms with Gasteiger partial charge in [0, 0.05) is 30.4 Å². The number of carbonyl (C=O) groups excluding carboxylic acids is 1. The number of aryl methyl sites for hydroxylation is 1. The zero-order valence-electron chi connectivity index (χ0n) is 13.4. The predicted molar refractivity (Wildman–Crippen MR) is 88.0 cm³/mol. The molecule has 0 saturated heterocycles. The van der Waals surface area contributed by atoms with E-state index in [1.807, 2.05) is 20.8 Å². The van der Waals surface area contributed by atoms with E-state index < -0.39 is 4.92 Å². The van der Waals surface area contributed by atoms with Crippen LogP contribution in [0.25, 0.3) is 0 Å². The van der Waals surface area contributed by atoms with Crippen molar-refractivity contribution in [2.75, 3.05) is 25.0 Å². The number of benzene rings is 1. The standard InChI is InChI=1S/C16H23N3O3/c1-5-13-7-8-14(9-15(13)19(21)22)17-10-16(20)18(6-2)11-12(3)4/h7-9,17H,3,5-6,10-11H2,1-2,4H3. The Kier molecular flexibility index (Phi) is 6.56. The fourth-order valence-electron chi connectivity index (χ4n) is 2.13. The monoisotopic (exact) mass is 305 g/mol. The molecule has 0 aliphatic carbocycles. The first-order valence-electron chi connectivity index (χ1n) is 7.32. The lowest BCUT2D eigenvalue weighted by molar-refractivity contribution is -0.385. The van der Waals surface area contributed by atoms with Gasteiger partial charge in [-0.3, -0.25) is 14.9 Å². The third-order valence-electron chi connectivity index (χ3n) is 3.30. The quantitative estimate of drug-likeness (QED) is 0.455. The van der Waals surface area contributed by atoms with Gasteiger partial charge in [0.15, 0.2) is 0 Å².